The molecule has 2 aromatic rings. The average Bonchev–Trinajstić information content (AvgIpc) is 3.05. The summed E-state index contributed by atoms with van der Waals surface area (Å²) in [6, 6.07) is 5.36. The van der Waals surface area contributed by atoms with Gasteiger partial charge in [0.1, 0.15) is 12.6 Å². The highest BCUT2D eigenvalue weighted by Gasteiger charge is 2.33. The molecule has 1 aromatic carbocycles. The summed E-state index contributed by atoms with van der Waals surface area (Å²) in [5, 5.41) is 8.46. The molecule has 8 nitrogen and oxygen atoms in total. The van der Waals surface area contributed by atoms with E-state index >= 15 is 0 Å². The van der Waals surface area contributed by atoms with E-state index < -0.39 is 0 Å². The van der Waals surface area contributed by atoms with Crippen molar-refractivity contribution in [2.75, 3.05) is 27.4 Å². The van der Waals surface area contributed by atoms with Gasteiger partial charge in [0.2, 0.25) is 5.91 Å². The molecule has 0 aliphatic carbocycles. The predicted octanol–water partition coefficient (Wildman–Crippen LogP) is 1.72. The lowest BCUT2D eigenvalue weighted by Crippen LogP contribution is -2.43. The second kappa shape index (κ2) is 7.74. The van der Waals surface area contributed by atoms with Crippen LogP contribution in [0, 0.1) is 6.92 Å². The van der Waals surface area contributed by atoms with Crippen LogP contribution in [-0.2, 0) is 22.7 Å². The first-order valence-corrected chi connectivity index (χ1v) is 8.53. The summed E-state index contributed by atoms with van der Waals surface area (Å²) in [6.45, 7) is 5.51. The number of fused-ring (bicyclic) bond motifs is 1. The molecule has 8 heteroatoms. The maximum atomic E-state index is 12.6. The van der Waals surface area contributed by atoms with Crippen LogP contribution in [0.2, 0.25) is 0 Å². The van der Waals surface area contributed by atoms with Crippen molar-refractivity contribution in [1.82, 2.24) is 19.7 Å². The van der Waals surface area contributed by atoms with Crippen molar-refractivity contribution in [3.63, 3.8) is 0 Å². The van der Waals surface area contributed by atoms with Crippen LogP contribution in [0.3, 0.4) is 0 Å². The zero-order chi connectivity index (χ0) is 18.7. The summed E-state index contributed by atoms with van der Waals surface area (Å²) in [6.07, 6.45) is 0. The minimum absolute atomic E-state index is 0.0310. The van der Waals surface area contributed by atoms with Crippen molar-refractivity contribution in [3.05, 3.63) is 35.4 Å². The van der Waals surface area contributed by atoms with Gasteiger partial charge >= 0.3 is 0 Å². The third kappa shape index (κ3) is 3.50. The minimum Gasteiger partial charge on any atom is -0.493 e. The van der Waals surface area contributed by atoms with Gasteiger partial charge in [0.15, 0.2) is 23.1 Å². The minimum atomic E-state index is -0.371. The van der Waals surface area contributed by atoms with Crippen LogP contribution >= 0.6 is 0 Å². The molecule has 0 saturated heterocycles. The number of amides is 1. The number of hydrogen-bond acceptors (Lipinski definition) is 6. The molecule has 26 heavy (non-hydrogen) atoms. The number of methoxy groups -OCH3 is 2. The SMILES string of the molecule is COCCN1Cc2nnc(COc3ccc(C)cc3OC)n2[C@@H](C)C1=O. The molecule has 0 spiro atoms. The van der Waals surface area contributed by atoms with Gasteiger partial charge in [-0.25, -0.2) is 0 Å². The molecular formula is C18H24N4O4. The number of carbonyl (C=O) groups excluding carboxylic acids is 1. The van der Waals surface area contributed by atoms with E-state index in [1.54, 1.807) is 19.1 Å². The van der Waals surface area contributed by atoms with Gasteiger partial charge in [-0.15, -0.1) is 10.2 Å². The van der Waals surface area contributed by atoms with E-state index in [1.165, 1.54) is 0 Å². The van der Waals surface area contributed by atoms with Gasteiger partial charge in [-0.1, -0.05) is 6.07 Å². The van der Waals surface area contributed by atoms with E-state index in [0.29, 0.717) is 37.0 Å². The number of ether oxygens (including phenoxy) is 3. The highest BCUT2D eigenvalue weighted by atomic mass is 16.5. The van der Waals surface area contributed by atoms with Crippen molar-refractivity contribution in [2.45, 2.75) is 33.0 Å². The van der Waals surface area contributed by atoms with Gasteiger partial charge in [0.05, 0.1) is 20.3 Å². The van der Waals surface area contributed by atoms with E-state index in [9.17, 15) is 4.79 Å². The Bertz CT molecular complexity index is 789. The monoisotopic (exact) mass is 360 g/mol. The zero-order valence-corrected chi connectivity index (χ0v) is 15.6. The number of hydrogen-bond donors (Lipinski definition) is 0. The Balaban J connectivity index is 1.76. The molecule has 140 valence electrons. The van der Waals surface area contributed by atoms with Gasteiger partial charge in [0.25, 0.3) is 0 Å². The van der Waals surface area contributed by atoms with Crippen molar-refractivity contribution in [2.24, 2.45) is 0 Å². The first kappa shape index (κ1) is 18.2. The molecule has 0 unspecified atom stereocenters. The molecule has 1 aliphatic heterocycles. The Morgan fingerprint density at radius 3 is 2.77 bits per heavy atom. The van der Waals surface area contributed by atoms with E-state index in [4.69, 9.17) is 14.2 Å². The lowest BCUT2D eigenvalue weighted by molar-refractivity contribution is -0.137. The number of benzene rings is 1. The molecule has 2 heterocycles. The highest BCUT2D eigenvalue weighted by molar-refractivity contribution is 5.81. The normalized spacial score (nSPS) is 16.5. The Morgan fingerprint density at radius 1 is 1.23 bits per heavy atom. The molecule has 1 aromatic heterocycles. The fourth-order valence-electron chi connectivity index (χ4n) is 3.06. The summed E-state index contributed by atoms with van der Waals surface area (Å²) in [5.74, 6) is 2.70. The number of aromatic nitrogens is 3. The maximum absolute atomic E-state index is 12.6. The lowest BCUT2D eigenvalue weighted by Gasteiger charge is -2.31. The number of rotatable bonds is 7. The smallest absolute Gasteiger partial charge is 0.245 e. The second-order valence-corrected chi connectivity index (χ2v) is 6.27. The van der Waals surface area contributed by atoms with Gasteiger partial charge in [-0.3, -0.25) is 9.36 Å². The topological polar surface area (TPSA) is 78.7 Å². The average molecular weight is 360 g/mol. The van der Waals surface area contributed by atoms with Crippen LogP contribution in [0.5, 0.6) is 11.5 Å². The largest absolute Gasteiger partial charge is 0.493 e. The van der Waals surface area contributed by atoms with Crippen molar-refractivity contribution in [1.29, 1.82) is 0 Å². The van der Waals surface area contributed by atoms with E-state index in [-0.39, 0.29) is 18.6 Å². The molecule has 0 fully saturated rings. The maximum Gasteiger partial charge on any atom is 0.245 e. The quantitative estimate of drug-likeness (QED) is 0.748. The fourth-order valence-corrected chi connectivity index (χ4v) is 3.06. The molecule has 1 atom stereocenters. The Kier molecular flexibility index (Phi) is 5.41. The van der Waals surface area contributed by atoms with Crippen molar-refractivity contribution in [3.8, 4) is 11.5 Å². The Morgan fingerprint density at radius 2 is 2.04 bits per heavy atom. The number of carbonyl (C=O) groups is 1. The molecular weight excluding hydrogens is 336 g/mol. The van der Waals surface area contributed by atoms with E-state index in [0.717, 1.165) is 11.4 Å². The standard InChI is InChI=1S/C18H24N4O4/c1-12-5-6-14(15(9-12)25-4)26-11-17-20-19-16-10-21(7-8-24-3)18(23)13(2)22(16)17/h5-6,9,13H,7-8,10-11H2,1-4H3/t13-/m0/s1. The first-order valence-electron chi connectivity index (χ1n) is 8.53. The van der Waals surface area contributed by atoms with Crippen LogP contribution in [0.4, 0.5) is 0 Å². The van der Waals surface area contributed by atoms with Crippen molar-refractivity contribution >= 4 is 5.91 Å². The Hall–Kier alpha value is -2.61. The summed E-state index contributed by atoms with van der Waals surface area (Å²) in [7, 11) is 3.23. The van der Waals surface area contributed by atoms with Gasteiger partial charge < -0.3 is 19.1 Å². The third-order valence-corrected chi connectivity index (χ3v) is 4.47. The fraction of sp³-hybridized carbons (Fsp3) is 0.500. The van der Waals surface area contributed by atoms with E-state index in [1.807, 2.05) is 36.6 Å². The van der Waals surface area contributed by atoms with Gasteiger partial charge in [-0.2, -0.15) is 0 Å². The molecule has 3 rings (SSSR count). The van der Waals surface area contributed by atoms with Gasteiger partial charge in [-0.05, 0) is 31.5 Å². The molecule has 0 radical (unpaired) electrons. The van der Waals surface area contributed by atoms with Crippen LogP contribution < -0.4 is 9.47 Å². The Labute approximate surface area is 152 Å². The second-order valence-electron chi connectivity index (χ2n) is 6.27. The molecule has 1 amide bonds. The van der Waals surface area contributed by atoms with Crippen LogP contribution in [0.25, 0.3) is 0 Å². The van der Waals surface area contributed by atoms with E-state index in [2.05, 4.69) is 10.2 Å². The zero-order valence-electron chi connectivity index (χ0n) is 15.6. The molecule has 1 aliphatic rings. The summed E-state index contributed by atoms with van der Waals surface area (Å²) in [5.41, 5.74) is 1.09. The molecule has 0 bridgehead atoms. The highest BCUT2D eigenvalue weighted by Crippen LogP contribution is 2.29. The molecule has 0 N–H and O–H groups in total. The number of aryl methyl sites for hydroxylation is 1. The van der Waals surface area contributed by atoms with Crippen molar-refractivity contribution < 1.29 is 19.0 Å². The number of nitrogens with zero attached hydrogens (tertiary/aromatic N) is 4. The van der Waals surface area contributed by atoms with Crippen LogP contribution in [0.15, 0.2) is 18.2 Å². The third-order valence-electron chi connectivity index (χ3n) is 4.47. The van der Waals surface area contributed by atoms with Gasteiger partial charge in [0, 0.05) is 13.7 Å². The summed E-state index contributed by atoms with van der Waals surface area (Å²) in [4.78, 5) is 14.3. The summed E-state index contributed by atoms with van der Waals surface area (Å²) >= 11 is 0. The predicted molar refractivity (Wildman–Crippen MR) is 94.1 cm³/mol. The molecule has 0 saturated carbocycles. The summed E-state index contributed by atoms with van der Waals surface area (Å²) < 4.78 is 18.2. The van der Waals surface area contributed by atoms with Crippen LogP contribution in [-0.4, -0.2) is 52.9 Å². The lowest BCUT2D eigenvalue weighted by atomic mass is 10.2. The van der Waals surface area contributed by atoms with Crippen LogP contribution in [0.1, 0.15) is 30.2 Å². The first-order chi connectivity index (χ1) is 12.5.